The largest absolute Gasteiger partial charge is 0.505 e. The third-order valence-corrected chi connectivity index (χ3v) is 8.88. The fourth-order valence-corrected chi connectivity index (χ4v) is 6.58. The number of aromatic nitrogens is 2. The van der Waals surface area contributed by atoms with Crippen molar-refractivity contribution in [2.75, 3.05) is 24.7 Å². The summed E-state index contributed by atoms with van der Waals surface area (Å²) in [6, 6.07) is 13.5. The van der Waals surface area contributed by atoms with Crippen LogP contribution < -0.4 is 10.6 Å². The van der Waals surface area contributed by atoms with Crippen LogP contribution in [-0.2, 0) is 14.6 Å². The number of carbonyl (C=O) groups is 2. The van der Waals surface area contributed by atoms with E-state index in [-0.39, 0.29) is 46.1 Å². The molecule has 1 atom stereocenters. The zero-order valence-electron chi connectivity index (χ0n) is 22.1. The molecular formula is C29H30N4O7S. The number of sulfone groups is 1. The van der Waals surface area contributed by atoms with Crippen LogP contribution in [0.3, 0.4) is 0 Å². The second-order valence-electron chi connectivity index (χ2n) is 10.0. The van der Waals surface area contributed by atoms with Crippen molar-refractivity contribution < 1.29 is 33.0 Å². The van der Waals surface area contributed by atoms with Gasteiger partial charge in [0.2, 0.25) is 0 Å². The van der Waals surface area contributed by atoms with Crippen LogP contribution in [0.4, 0.5) is 0 Å². The molecule has 6 rings (SSSR count). The number of fused-ring (bicyclic) bond motifs is 2. The summed E-state index contributed by atoms with van der Waals surface area (Å²) < 4.78 is 28.0. The summed E-state index contributed by atoms with van der Waals surface area (Å²) in [5, 5.41) is 27.5. The van der Waals surface area contributed by atoms with Crippen molar-refractivity contribution in [3.8, 4) is 11.5 Å². The molecule has 0 spiro atoms. The number of rotatable bonds is 4. The van der Waals surface area contributed by atoms with Gasteiger partial charge < -0.3 is 25.6 Å². The van der Waals surface area contributed by atoms with Crippen LogP contribution in [0, 0.1) is 0 Å². The molecule has 2 aliphatic heterocycles. The molecule has 0 saturated carbocycles. The van der Waals surface area contributed by atoms with E-state index in [4.69, 9.17) is 4.74 Å². The molecule has 0 radical (unpaired) electrons. The minimum Gasteiger partial charge on any atom is -0.505 e. The van der Waals surface area contributed by atoms with Crippen LogP contribution in [0.2, 0.25) is 0 Å². The summed E-state index contributed by atoms with van der Waals surface area (Å²) in [6.45, 7) is 1.33. The van der Waals surface area contributed by atoms with E-state index in [1.54, 1.807) is 42.6 Å². The Kier molecular flexibility index (Phi) is 8.31. The van der Waals surface area contributed by atoms with Crippen molar-refractivity contribution in [2.24, 2.45) is 0 Å². The van der Waals surface area contributed by atoms with Crippen molar-refractivity contribution in [1.82, 2.24) is 20.6 Å². The second-order valence-corrected chi connectivity index (χ2v) is 12.2. The first kappa shape index (κ1) is 28.2. The van der Waals surface area contributed by atoms with Crippen LogP contribution in [0.15, 0.2) is 60.9 Å². The van der Waals surface area contributed by atoms with Gasteiger partial charge in [-0.05, 0) is 43.5 Å². The van der Waals surface area contributed by atoms with E-state index in [9.17, 15) is 28.2 Å². The van der Waals surface area contributed by atoms with Crippen LogP contribution in [0.25, 0.3) is 21.8 Å². The van der Waals surface area contributed by atoms with E-state index in [0.717, 1.165) is 23.6 Å². The Morgan fingerprint density at radius 2 is 1.27 bits per heavy atom. The van der Waals surface area contributed by atoms with E-state index in [0.29, 0.717) is 30.7 Å². The van der Waals surface area contributed by atoms with E-state index in [1.165, 1.54) is 12.3 Å². The van der Waals surface area contributed by atoms with E-state index in [1.807, 2.05) is 6.07 Å². The average Bonchev–Trinajstić information content (AvgIpc) is 3.32. The quantitative estimate of drug-likeness (QED) is 0.285. The zero-order chi connectivity index (χ0) is 29.0. The van der Waals surface area contributed by atoms with Gasteiger partial charge in [0.15, 0.2) is 21.3 Å². The van der Waals surface area contributed by atoms with Crippen LogP contribution in [0.1, 0.15) is 40.0 Å². The lowest BCUT2D eigenvalue weighted by Crippen LogP contribution is -2.38. The molecule has 0 bridgehead atoms. The molecule has 2 aliphatic rings. The Bertz CT molecular complexity index is 1700. The Morgan fingerprint density at radius 3 is 1.76 bits per heavy atom. The van der Waals surface area contributed by atoms with Gasteiger partial charge in [-0.15, -0.1) is 0 Å². The first-order chi connectivity index (χ1) is 19.7. The van der Waals surface area contributed by atoms with Gasteiger partial charge in [-0.25, -0.2) is 8.42 Å². The standard InChI is InChI=1S/C15H16N2O3.C14H14N2O4S/c18-14-12(4-3-10-2-1-7-16-13(10)14)15(19)17-11-5-8-20-9-6-11;17-13-11(4-3-9-2-1-6-15-12(9)13)14(18)16-10-5-7-21(19,20)8-10/h1-4,7,11,18H,5-6,8-9H2,(H,17,19);1-4,6,10,17H,5,7-8H2,(H,16,18). The van der Waals surface area contributed by atoms with Gasteiger partial charge in [-0.1, -0.05) is 24.3 Å². The molecule has 2 aromatic carbocycles. The van der Waals surface area contributed by atoms with Crippen molar-refractivity contribution in [1.29, 1.82) is 0 Å². The predicted octanol–water partition coefficient (Wildman–Crippen LogP) is 2.71. The number of carbonyl (C=O) groups excluding carboxylic acids is 2. The molecule has 12 heteroatoms. The number of hydrogen-bond acceptors (Lipinski definition) is 9. The Labute approximate surface area is 236 Å². The predicted molar refractivity (Wildman–Crippen MR) is 153 cm³/mol. The Hall–Kier alpha value is -4.29. The van der Waals surface area contributed by atoms with Crippen LogP contribution >= 0.6 is 0 Å². The highest BCUT2D eigenvalue weighted by molar-refractivity contribution is 7.91. The van der Waals surface area contributed by atoms with Gasteiger partial charge in [0.1, 0.15) is 11.0 Å². The fourth-order valence-electron chi connectivity index (χ4n) is 4.90. The van der Waals surface area contributed by atoms with Crippen molar-refractivity contribution in [3.63, 3.8) is 0 Å². The summed E-state index contributed by atoms with van der Waals surface area (Å²) in [5.41, 5.74) is 1.17. The fraction of sp³-hybridized carbons (Fsp3) is 0.310. The molecule has 41 heavy (non-hydrogen) atoms. The van der Waals surface area contributed by atoms with Gasteiger partial charge in [0.25, 0.3) is 11.8 Å². The maximum atomic E-state index is 12.2. The number of benzene rings is 2. The number of hydrogen-bond donors (Lipinski definition) is 4. The highest BCUT2D eigenvalue weighted by atomic mass is 32.2. The summed E-state index contributed by atoms with van der Waals surface area (Å²) >= 11 is 0. The molecule has 2 saturated heterocycles. The highest BCUT2D eigenvalue weighted by Gasteiger charge is 2.30. The summed E-state index contributed by atoms with van der Waals surface area (Å²) in [7, 11) is -3.06. The third-order valence-electron chi connectivity index (χ3n) is 7.11. The number of aromatic hydroxyl groups is 2. The lowest BCUT2D eigenvalue weighted by atomic mass is 10.1. The molecule has 2 fully saturated rings. The van der Waals surface area contributed by atoms with Crippen molar-refractivity contribution in [2.45, 2.75) is 31.3 Å². The smallest absolute Gasteiger partial charge is 0.255 e. The highest BCUT2D eigenvalue weighted by Crippen LogP contribution is 2.28. The first-order valence-corrected chi connectivity index (χ1v) is 15.1. The molecule has 11 nitrogen and oxygen atoms in total. The van der Waals surface area contributed by atoms with Gasteiger partial charge in [0, 0.05) is 48.5 Å². The summed E-state index contributed by atoms with van der Waals surface area (Å²) in [4.78, 5) is 32.6. The number of nitrogens with one attached hydrogen (secondary N) is 2. The van der Waals surface area contributed by atoms with Crippen LogP contribution in [0.5, 0.6) is 11.5 Å². The Morgan fingerprint density at radius 1 is 0.756 bits per heavy atom. The van der Waals surface area contributed by atoms with Gasteiger partial charge >= 0.3 is 0 Å². The molecule has 0 aliphatic carbocycles. The van der Waals surface area contributed by atoms with E-state index >= 15 is 0 Å². The SMILES string of the molecule is O=C(NC1CCOCC1)c1ccc2cccnc2c1O.O=C(NC1CCS(=O)(=O)C1)c1ccc2cccnc2c1O. The Balaban J connectivity index is 0.000000165. The number of pyridine rings is 2. The molecular weight excluding hydrogens is 548 g/mol. The molecule has 214 valence electrons. The minimum absolute atomic E-state index is 0.0503. The third kappa shape index (κ3) is 6.55. The molecule has 4 N–H and O–H groups in total. The molecule has 1 unspecified atom stereocenters. The normalized spacial score (nSPS) is 18.4. The maximum Gasteiger partial charge on any atom is 0.255 e. The molecule has 2 aromatic heterocycles. The summed E-state index contributed by atoms with van der Waals surface area (Å²) in [6.07, 6.45) is 5.15. The topological polar surface area (TPSA) is 168 Å². The molecule has 4 heterocycles. The second kappa shape index (κ2) is 12.1. The van der Waals surface area contributed by atoms with E-state index < -0.39 is 21.8 Å². The van der Waals surface area contributed by atoms with Crippen molar-refractivity contribution in [3.05, 3.63) is 72.1 Å². The number of nitrogens with zero attached hydrogens (tertiary/aromatic N) is 2. The number of ether oxygens (including phenoxy) is 1. The van der Waals surface area contributed by atoms with E-state index in [2.05, 4.69) is 20.6 Å². The minimum atomic E-state index is -3.06. The summed E-state index contributed by atoms with van der Waals surface area (Å²) in [5.74, 6) is -0.961. The number of phenols is 2. The van der Waals surface area contributed by atoms with Crippen LogP contribution in [-0.4, -0.2) is 77.2 Å². The van der Waals surface area contributed by atoms with Gasteiger partial charge in [-0.3, -0.25) is 19.6 Å². The number of amides is 2. The maximum absolute atomic E-state index is 12.2. The molecule has 4 aromatic rings. The zero-order valence-corrected chi connectivity index (χ0v) is 22.9. The monoisotopic (exact) mass is 578 g/mol. The molecule has 2 amide bonds. The average molecular weight is 579 g/mol. The lowest BCUT2D eigenvalue weighted by molar-refractivity contribution is 0.0695. The first-order valence-electron chi connectivity index (χ1n) is 13.2. The van der Waals surface area contributed by atoms with Gasteiger partial charge in [0.05, 0.1) is 22.6 Å². The number of phenolic OH excluding ortho intramolecular Hbond substituents is 2. The lowest BCUT2D eigenvalue weighted by Gasteiger charge is -2.23. The van der Waals surface area contributed by atoms with Crippen molar-refractivity contribution >= 4 is 43.5 Å². The van der Waals surface area contributed by atoms with Gasteiger partial charge in [-0.2, -0.15) is 0 Å².